The van der Waals surface area contributed by atoms with Crippen molar-refractivity contribution in [3.05, 3.63) is 63.5 Å². The van der Waals surface area contributed by atoms with Gasteiger partial charge in [-0.2, -0.15) is 4.39 Å². The van der Waals surface area contributed by atoms with Crippen LogP contribution in [0.15, 0.2) is 36.4 Å². The Labute approximate surface area is 146 Å². The van der Waals surface area contributed by atoms with Gasteiger partial charge in [-0.25, -0.2) is 0 Å². The van der Waals surface area contributed by atoms with Crippen LogP contribution >= 0.6 is 0 Å². The molecule has 2 rings (SSSR count). The number of hydrogen-bond acceptors (Lipinski definition) is 6. The molecule has 0 atom stereocenters. The number of hydrazine groups is 1. The normalized spacial score (nSPS) is 9.96. The van der Waals surface area contributed by atoms with Crippen molar-refractivity contribution in [2.24, 2.45) is 0 Å². The van der Waals surface area contributed by atoms with E-state index in [1.165, 1.54) is 26.4 Å². The fourth-order valence-corrected chi connectivity index (χ4v) is 1.99. The maximum atomic E-state index is 13.3. The fourth-order valence-electron chi connectivity index (χ4n) is 1.99. The second-order valence-corrected chi connectivity index (χ2v) is 4.93. The molecule has 0 saturated carbocycles. The Morgan fingerprint density at radius 2 is 1.50 bits per heavy atom. The van der Waals surface area contributed by atoms with Crippen LogP contribution in [0.5, 0.6) is 11.5 Å². The summed E-state index contributed by atoms with van der Waals surface area (Å²) in [5.41, 5.74) is 3.35. The first-order valence-electron chi connectivity index (χ1n) is 7.13. The molecule has 2 aromatic carbocycles. The number of ether oxygens (including phenoxy) is 2. The highest BCUT2D eigenvalue weighted by Crippen LogP contribution is 2.22. The van der Waals surface area contributed by atoms with Gasteiger partial charge in [-0.3, -0.25) is 30.6 Å². The summed E-state index contributed by atoms with van der Waals surface area (Å²) in [4.78, 5) is 33.9. The minimum Gasteiger partial charge on any atom is -0.497 e. The van der Waals surface area contributed by atoms with E-state index in [2.05, 4.69) is 10.9 Å². The maximum absolute atomic E-state index is 13.3. The smallest absolute Gasteiger partial charge is 0.305 e. The zero-order chi connectivity index (χ0) is 19.3. The minimum atomic E-state index is -1.07. The molecule has 0 heterocycles. The largest absolute Gasteiger partial charge is 0.497 e. The molecule has 0 saturated heterocycles. The topological polar surface area (TPSA) is 120 Å². The fraction of sp³-hybridized carbons (Fsp3) is 0.125. The number of methoxy groups -OCH3 is 2. The van der Waals surface area contributed by atoms with Crippen LogP contribution in [0.1, 0.15) is 20.7 Å². The van der Waals surface area contributed by atoms with Crippen LogP contribution in [0.3, 0.4) is 0 Å². The van der Waals surface area contributed by atoms with E-state index in [1.807, 2.05) is 0 Å². The molecule has 0 spiro atoms. The highest BCUT2D eigenvalue weighted by molar-refractivity contribution is 5.99. The number of amides is 2. The molecule has 9 nitrogen and oxygen atoms in total. The number of carbonyl (C=O) groups excluding carboxylic acids is 2. The Balaban J connectivity index is 2.11. The molecule has 10 heteroatoms. The number of rotatable bonds is 5. The number of nitrogens with one attached hydrogen (secondary N) is 2. The summed E-state index contributed by atoms with van der Waals surface area (Å²) in [6.07, 6.45) is 0. The Kier molecular flexibility index (Phi) is 5.68. The van der Waals surface area contributed by atoms with Gasteiger partial charge in [-0.05, 0) is 24.3 Å². The zero-order valence-corrected chi connectivity index (χ0v) is 13.7. The van der Waals surface area contributed by atoms with Crippen LogP contribution in [0.25, 0.3) is 0 Å². The van der Waals surface area contributed by atoms with Crippen molar-refractivity contribution in [2.45, 2.75) is 0 Å². The van der Waals surface area contributed by atoms with Gasteiger partial charge in [-0.1, -0.05) is 0 Å². The highest BCUT2D eigenvalue weighted by Gasteiger charge is 2.18. The molecule has 0 aliphatic heterocycles. The Morgan fingerprint density at radius 3 is 2.00 bits per heavy atom. The van der Waals surface area contributed by atoms with E-state index in [4.69, 9.17) is 9.47 Å². The van der Waals surface area contributed by atoms with Crippen molar-refractivity contribution < 1.29 is 28.4 Å². The SMILES string of the molecule is COc1cc(OC)cc(C(=O)NNC(=O)c2ccc(F)c([N+](=O)[O-])c2)c1. The standard InChI is InChI=1S/C16H14FN3O6/c1-25-11-5-10(6-12(8-11)26-2)16(22)19-18-15(21)9-3-4-13(17)14(7-9)20(23)24/h3-8H,1-2H3,(H,18,21)(H,19,22). The van der Waals surface area contributed by atoms with Gasteiger partial charge < -0.3 is 9.47 Å². The van der Waals surface area contributed by atoms with Gasteiger partial charge in [0.15, 0.2) is 0 Å². The molecule has 2 aromatic rings. The lowest BCUT2D eigenvalue weighted by molar-refractivity contribution is -0.387. The Bertz CT molecular complexity index is 849. The lowest BCUT2D eigenvalue weighted by Gasteiger charge is -2.10. The first-order valence-corrected chi connectivity index (χ1v) is 7.13. The van der Waals surface area contributed by atoms with Gasteiger partial charge in [-0.15, -0.1) is 0 Å². The lowest BCUT2D eigenvalue weighted by atomic mass is 10.2. The van der Waals surface area contributed by atoms with E-state index in [0.717, 1.165) is 18.2 Å². The molecular weight excluding hydrogens is 349 g/mol. The number of carbonyl (C=O) groups is 2. The summed E-state index contributed by atoms with van der Waals surface area (Å²) < 4.78 is 23.4. The first kappa shape index (κ1) is 18.6. The molecule has 2 amide bonds. The predicted molar refractivity (Wildman–Crippen MR) is 87.5 cm³/mol. The van der Waals surface area contributed by atoms with Gasteiger partial charge in [0.25, 0.3) is 11.8 Å². The predicted octanol–water partition coefficient (Wildman–Crippen LogP) is 1.83. The van der Waals surface area contributed by atoms with Crippen LogP contribution in [-0.2, 0) is 0 Å². The minimum absolute atomic E-state index is 0.145. The molecule has 0 radical (unpaired) electrons. The maximum Gasteiger partial charge on any atom is 0.305 e. The van der Waals surface area contributed by atoms with Crippen LogP contribution in [0.4, 0.5) is 10.1 Å². The van der Waals surface area contributed by atoms with Crippen molar-refractivity contribution in [3.8, 4) is 11.5 Å². The van der Waals surface area contributed by atoms with Crippen molar-refractivity contribution in [1.82, 2.24) is 10.9 Å². The second kappa shape index (κ2) is 7.92. The van der Waals surface area contributed by atoms with Crippen LogP contribution in [0, 0.1) is 15.9 Å². The van der Waals surface area contributed by atoms with Gasteiger partial charge in [0.1, 0.15) is 11.5 Å². The summed E-state index contributed by atoms with van der Waals surface area (Å²) in [7, 11) is 2.83. The van der Waals surface area contributed by atoms with Crippen molar-refractivity contribution in [1.29, 1.82) is 0 Å². The van der Waals surface area contributed by atoms with E-state index >= 15 is 0 Å². The quantitative estimate of drug-likeness (QED) is 0.618. The van der Waals surface area contributed by atoms with Gasteiger partial charge >= 0.3 is 5.69 Å². The molecule has 0 aliphatic rings. The number of nitro benzene ring substituents is 1. The van der Waals surface area contributed by atoms with Crippen LogP contribution < -0.4 is 20.3 Å². The van der Waals surface area contributed by atoms with Gasteiger partial charge in [0.05, 0.1) is 19.1 Å². The monoisotopic (exact) mass is 363 g/mol. The van der Waals surface area contributed by atoms with E-state index in [1.54, 1.807) is 6.07 Å². The van der Waals surface area contributed by atoms with Crippen LogP contribution in [-0.4, -0.2) is 31.0 Å². The average molecular weight is 363 g/mol. The average Bonchev–Trinajstić information content (AvgIpc) is 2.65. The molecular formula is C16H14FN3O6. The number of hydrogen-bond donors (Lipinski definition) is 2. The van der Waals surface area contributed by atoms with Gasteiger partial charge in [0, 0.05) is 23.3 Å². The number of nitro groups is 1. The van der Waals surface area contributed by atoms with E-state index in [0.29, 0.717) is 11.5 Å². The van der Waals surface area contributed by atoms with Crippen molar-refractivity contribution >= 4 is 17.5 Å². The summed E-state index contributed by atoms with van der Waals surface area (Å²) in [6.45, 7) is 0. The molecule has 2 N–H and O–H groups in total. The molecule has 0 bridgehead atoms. The summed E-state index contributed by atoms with van der Waals surface area (Å²) >= 11 is 0. The summed E-state index contributed by atoms with van der Waals surface area (Å²) in [6, 6.07) is 7.03. The molecule has 0 aromatic heterocycles. The van der Waals surface area contributed by atoms with Crippen molar-refractivity contribution in [3.63, 3.8) is 0 Å². The number of nitrogens with zero attached hydrogens (tertiary/aromatic N) is 1. The third kappa shape index (κ3) is 4.23. The molecule has 0 aliphatic carbocycles. The van der Waals surface area contributed by atoms with E-state index < -0.39 is 28.2 Å². The van der Waals surface area contributed by atoms with Gasteiger partial charge in [0.2, 0.25) is 5.82 Å². The second-order valence-electron chi connectivity index (χ2n) is 4.93. The van der Waals surface area contributed by atoms with E-state index in [-0.39, 0.29) is 11.1 Å². The zero-order valence-electron chi connectivity index (χ0n) is 13.7. The highest BCUT2D eigenvalue weighted by atomic mass is 19.1. The third-order valence-corrected chi connectivity index (χ3v) is 3.31. The van der Waals surface area contributed by atoms with E-state index in [9.17, 15) is 24.1 Å². The summed E-state index contributed by atoms with van der Waals surface area (Å²) in [5, 5.41) is 10.7. The molecule has 0 fully saturated rings. The lowest BCUT2D eigenvalue weighted by Crippen LogP contribution is -2.41. The Morgan fingerprint density at radius 1 is 0.962 bits per heavy atom. The molecule has 136 valence electrons. The number of benzene rings is 2. The molecule has 26 heavy (non-hydrogen) atoms. The number of halogens is 1. The molecule has 0 unspecified atom stereocenters. The first-order chi connectivity index (χ1) is 12.3. The summed E-state index contributed by atoms with van der Waals surface area (Å²) in [5.74, 6) is -1.85. The Hall–Kier alpha value is -3.69. The van der Waals surface area contributed by atoms with Crippen LogP contribution in [0.2, 0.25) is 0 Å². The third-order valence-electron chi connectivity index (χ3n) is 3.31. The van der Waals surface area contributed by atoms with Crippen molar-refractivity contribution in [2.75, 3.05) is 14.2 Å².